The third-order valence-corrected chi connectivity index (χ3v) is 6.82. The SMILES string of the molecule is Cc1c(C2CN3CCN(C(=O)Cc4ccc(-n5cnnn5)cc4)CC3CO2)ccc2nonc12. The van der Waals surface area contributed by atoms with Crippen molar-refractivity contribution < 1.29 is 14.2 Å². The maximum atomic E-state index is 13.0. The van der Waals surface area contributed by atoms with Crippen LogP contribution in [0.1, 0.15) is 22.8 Å². The Bertz CT molecular complexity index is 1300. The molecule has 11 nitrogen and oxygen atoms in total. The fourth-order valence-corrected chi connectivity index (χ4v) is 4.88. The molecule has 6 rings (SSSR count). The number of ether oxygens (including phenoxy) is 1. The summed E-state index contributed by atoms with van der Waals surface area (Å²) < 4.78 is 12.7. The van der Waals surface area contributed by atoms with Gasteiger partial charge in [0.2, 0.25) is 5.91 Å². The Morgan fingerprint density at radius 3 is 2.79 bits per heavy atom. The molecule has 2 fully saturated rings. The van der Waals surface area contributed by atoms with Crippen LogP contribution in [0.5, 0.6) is 0 Å². The molecule has 0 aliphatic carbocycles. The average Bonchev–Trinajstić information content (AvgIpc) is 3.57. The average molecular weight is 460 g/mol. The number of hydrogen-bond acceptors (Lipinski definition) is 9. The lowest BCUT2D eigenvalue weighted by Gasteiger charge is -2.46. The van der Waals surface area contributed by atoms with Crippen molar-refractivity contribution in [3.05, 3.63) is 59.4 Å². The van der Waals surface area contributed by atoms with Gasteiger partial charge in [0.1, 0.15) is 17.4 Å². The van der Waals surface area contributed by atoms with E-state index < -0.39 is 0 Å². The van der Waals surface area contributed by atoms with Gasteiger partial charge in [-0.05, 0) is 62.6 Å². The molecule has 174 valence electrons. The highest BCUT2D eigenvalue weighted by atomic mass is 16.6. The fraction of sp³-hybridized carbons (Fsp3) is 0.391. The zero-order valence-corrected chi connectivity index (χ0v) is 18.7. The Morgan fingerprint density at radius 2 is 1.97 bits per heavy atom. The van der Waals surface area contributed by atoms with Gasteiger partial charge < -0.3 is 9.64 Å². The summed E-state index contributed by atoms with van der Waals surface area (Å²) in [5.74, 6) is 0.136. The number of piperazine rings is 1. The minimum atomic E-state index is -0.0293. The van der Waals surface area contributed by atoms with Crippen molar-refractivity contribution in [2.75, 3.05) is 32.8 Å². The van der Waals surface area contributed by atoms with Gasteiger partial charge in [-0.15, -0.1) is 5.10 Å². The number of tetrazole rings is 1. The molecule has 34 heavy (non-hydrogen) atoms. The monoisotopic (exact) mass is 460 g/mol. The summed E-state index contributed by atoms with van der Waals surface area (Å²) in [5.41, 5.74) is 5.53. The molecule has 4 aromatic rings. The normalized spacial score (nSPS) is 21.0. The Morgan fingerprint density at radius 1 is 1.09 bits per heavy atom. The van der Waals surface area contributed by atoms with Crippen molar-refractivity contribution in [3.63, 3.8) is 0 Å². The van der Waals surface area contributed by atoms with Crippen molar-refractivity contribution >= 4 is 16.9 Å². The third kappa shape index (κ3) is 3.82. The summed E-state index contributed by atoms with van der Waals surface area (Å²) in [6.45, 7) is 5.65. The first-order valence-electron chi connectivity index (χ1n) is 11.3. The lowest BCUT2D eigenvalue weighted by atomic mass is 9.98. The van der Waals surface area contributed by atoms with Gasteiger partial charge in [-0.25, -0.2) is 9.31 Å². The highest BCUT2D eigenvalue weighted by Crippen LogP contribution is 2.31. The molecular weight excluding hydrogens is 436 g/mol. The Hall–Kier alpha value is -3.70. The quantitative estimate of drug-likeness (QED) is 0.445. The number of morpholine rings is 1. The number of aryl methyl sites for hydroxylation is 1. The third-order valence-electron chi connectivity index (χ3n) is 6.82. The highest BCUT2D eigenvalue weighted by molar-refractivity contribution is 5.79. The smallest absolute Gasteiger partial charge is 0.227 e. The summed E-state index contributed by atoms with van der Waals surface area (Å²) in [6, 6.07) is 11.9. The molecule has 2 aromatic carbocycles. The van der Waals surface area contributed by atoms with Crippen LogP contribution in [0.4, 0.5) is 0 Å². The first-order valence-corrected chi connectivity index (χ1v) is 11.3. The molecule has 11 heteroatoms. The summed E-state index contributed by atoms with van der Waals surface area (Å²) in [5, 5.41) is 19.1. The largest absolute Gasteiger partial charge is 0.370 e. The molecule has 0 radical (unpaired) electrons. The van der Waals surface area contributed by atoms with Crippen molar-refractivity contribution in [2.45, 2.75) is 25.5 Å². The molecule has 2 atom stereocenters. The van der Waals surface area contributed by atoms with Gasteiger partial charge in [0, 0.05) is 26.2 Å². The van der Waals surface area contributed by atoms with E-state index in [2.05, 4.69) is 36.8 Å². The Labute approximate surface area is 195 Å². The summed E-state index contributed by atoms with van der Waals surface area (Å²) in [6.07, 6.45) is 1.89. The molecule has 2 saturated heterocycles. The van der Waals surface area contributed by atoms with Gasteiger partial charge in [-0.1, -0.05) is 18.2 Å². The molecule has 2 aromatic heterocycles. The summed E-state index contributed by atoms with van der Waals surface area (Å²) in [4.78, 5) is 17.4. The summed E-state index contributed by atoms with van der Waals surface area (Å²) >= 11 is 0. The van der Waals surface area contributed by atoms with Crippen LogP contribution >= 0.6 is 0 Å². The molecular formula is C23H24N8O3. The molecule has 0 saturated carbocycles. The highest BCUT2D eigenvalue weighted by Gasteiger charge is 2.36. The van der Waals surface area contributed by atoms with E-state index in [4.69, 9.17) is 9.37 Å². The van der Waals surface area contributed by atoms with Crippen LogP contribution in [0.15, 0.2) is 47.4 Å². The van der Waals surface area contributed by atoms with Crippen LogP contribution in [0.2, 0.25) is 0 Å². The number of carbonyl (C=O) groups excluding carboxylic acids is 1. The molecule has 0 spiro atoms. The van der Waals surface area contributed by atoms with Gasteiger partial charge in [-0.2, -0.15) is 0 Å². The molecule has 2 aliphatic rings. The maximum absolute atomic E-state index is 13.0. The van der Waals surface area contributed by atoms with Crippen molar-refractivity contribution in [2.24, 2.45) is 0 Å². The second-order valence-electron chi connectivity index (χ2n) is 8.82. The number of aromatic nitrogens is 6. The van der Waals surface area contributed by atoms with E-state index in [1.54, 1.807) is 11.0 Å². The van der Waals surface area contributed by atoms with Gasteiger partial charge in [-0.3, -0.25) is 9.69 Å². The minimum absolute atomic E-state index is 0.0293. The van der Waals surface area contributed by atoms with Gasteiger partial charge in [0.25, 0.3) is 0 Å². The van der Waals surface area contributed by atoms with E-state index in [0.717, 1.165) is 53.0 Å². The molecule has 1 amide bonds. The van der Waals surface area contributed by atoms with E-state index in [0.29, 0.717) is 19.6 Å². The minimum Gasteiger partial charge on any atom is -0.370 e. The second kappa shape index (κ2) is 8.58. The number of benzene rings is 2. The van der Waals surface area contributed by atoms with E-state index in [9.17, 15) is 4.79 Å². The summed E-state index contributed by atoms with van der Waals surface area (Å²) in [7, 11) is 0. The van der Waals surface area contributed by atoms with Gasteiger partial charge in [0.05, 0.1) is 30.9 Å². The van der Waals surface area contributed by atoms with Crippen LogP contribution in [-0.2, 0) is 16.0 Å². The Balaban J connectivity index is 1.07. The molecule has 2 aliphatic heterocycles. The number of hydrogen-bond donors (Lipinski definition) is 0. The molecule has 2 unspecified atom stereocenters. The van der Waals surface area contributed by atoms with Crippen LogP contribution in [0, 0.1) is 6.92 Å². The van der Waals surface area contributed by atoms with E-state index in [-0.39, 0.29) is 18.1 Å². The first-order chi connectivity index (χ1) is 16.7. The van der Waals surface area contributed by atoms with Crippen molar-refractivity contribution in [1.82, 2.24) is 40.3 Å². The standard InChI is InChI=1S/C23H24N8O3/c1-15-19(6-7-20-23(15)26-34-25-20)21-12-29-8-9-30(11-18(29)13-33-21)22(32)10-16-2-4-17(5-3-16)31-14-24-27-28-31/h2-7,14,18,21H,8-13H2,1H3. The lowest BCUT2D eigenvalue weighted by Crippen LogP contribution is -2.59. The number of rotatable bonds is 4. The second-order valence-corrected chi connectivity index (χ2v) is 8.82. The zero-order valence-electron chi connectivity index (χ0n) is 18.7. The van der Waals surface area contributed by atoms with Crippen LogP contribution < -0.4 is 0 Å². The van der Waals surface area contributed by atoms with Crippen LogP contribution in [0.3, 0.4) is 0 Å². The van der Waals surface area contributed by atoms with E-state index in [1.165, 1.54) is 0 Å². The van der Waals surface area contributed by atoms with Crippen molar-refractivity contribution in [3.8, 4) is 5.69 Å². The topological polar surface area (TPSA) is 115 Å². The maximum Gasteiger partial charge on any atom is 0.227 e. The van der Waals surface area contributed by atoms with Crippen molar-refractivity contribution in [1.29, 1.82) is 0 Å². The zero-order chi connectivity index (χ0) is 23.1. The number of fused-ring (bicyclic) bond motifs is 2. The molecule has 0 N–H and O–H groups in total. The number of amides is 1. The number of nitrogens with zero attached hydrogens (tertiary/aromatic N) is 8. The number of carbonyl (C=O) groups is 1. The lowest BCUT2D eigenvalue weighted by molar-refractivity contribution is -0.139. The van der Waals surface area contributed by atoms with E-state index in [1.807, 2.05) is 42.2 Å². The van der Waals surface area contributed by atoms with Gasteiger partial charge in [0.15, 0.2) is 0 Å². The van der Waals surface area contributed by atoms with Crippen LogP contribution in [-0.4, -0.2) is 85.1 Å². The molecule has 4 heterocycles. The van der Waals surface area contributed by atoms with Gasteiger partial charge >= 0.3 is 0 Å². The van der Waals surface area contributed by atoms with Crippen LogP contribution in [0.25, 0.3) is 16.7 Å². The predicted molar refractivity (Wildman–Crippen MR) is 120 cm³/mol. The predicted octanol–water partition coefficient (Wildman–Crippen LogP) is 1.33. The first kappa shape index (κ1) is 20.9. The molecule has 0 bridgehead atoms. The van der Waals surface area contributed by atoms with E-state index >= 15 is 0 Å². The fourth-order valence-electron chi connectivity index (χ4n) is 4.88. The Kier molecular flexibility index (Phi) is 5.27.